The Morgan fingerprint density at radius 1 is 1.30 bits per heavy atom. The van der Waals surface area contributed by atoms with Crippen LogP contribution in [-0.2, 0) is 6.54 Å². The number of halogens is 1. The predicted molar refractivity (Wildman–Crippen MR) is 83.4 cm³/mol. The lowest BCUT2D eigenvalue weighted by atomic mass is 10.1. The summed E-state index contributed by atoms with van der Waals surface area (Å²) in [5, 5.41) is 5.59. The summed E-state index contributed by atoms with van der Waals surface area (Å²) in [6, 6.07) is 10.0. The van der Waals surface area contributed by atoms with E-state index in [1.165, 1.54) is 19.3 Å². The first-order valence-electron chi connectivity index (χ1n) is 7.28. The van der Waals surface area contributed by atoms with Crippen molar-refractivity contribution in [2.45, 2.75) is 38.8 Å². The minimum absolute atomic E-state index is 0.134. The van der Waals surface area contributed by atoms with Gasteiger partial charge in [0.2, 0.25) is 0 Å². The van der Waals surface area contributed by atoms with Gasteiger partial charge >= 0.3 is 0 Å². The van der Waals surface area contributed by atoms with Gasteiger partial charge in [0.1, 0.15) is 5.82 Å². The number of thiophene rings is 1. The molecule has 1 fully saturated rings. The molecule has 0 bridgehead atoms. The first-order chi connectivity index (χ1) is 9.72. The Labute approximate surface area is 123 Å². The molecule has 0 spiro atoms. The number of hydrogen-bond donors (Lipinski definition) is 1. The smallest absolute Gasteiger partial charge is 0.131 e. The van der Waals surface area contributed by atoms with E-state index in [2.05, 4.69) is 12.2 Å². The second-order valence-corrected chi connectivity index (χ2v) is 6.74. The minimum Gasteiger partial charge on any atom is -0.310 e. The zero-order valence-corrected chi connectivity index (χ0v) is 12.5. The number of benzene rings is 1. The summed E-state index contributed by atoms with van der Waals surface area (Å²) in [4.78, 5) is 0.999. The molecule has 1 aliphatic rings. The summed E-state index contributed by atoms with van der Waals surface area (Å²) >= 11 is 1.58. The lowest BCUT2D eigenvalue weighted by Gasteiger charge is -2.13. The Morgan fingerprint density at radius 3 is 2.90 bits per heavy atom. The van der Waals surface area contributed by atoms with Crippen LogP contribution in [0.25, 0.3) is 10.4 Å². The average Bonchev–Trinajstić information content (AvgIpc) is 3.09. The highest BCUT2D eigenvalue weighted by Gasteiger charge is 2.20. The monoisotopic (exact) mass is 289 g/mol. The van der Waals surface area contributed by atoms with Gasteiger partial charge in [-0.15, -0.1) is 11.3 Å². The van der Waals surface area contributed by atoms with Crippen LogP contribution in [0, 0.1) is 11.7 Å². The van der Waals surface area contributed by atoms with Crippen molar-refractivity contribution < 1.29 is 4.39 Å². The number of nitrogens with one attached hydrogen (secondary N) is 1. The molecule has 2 unspecified atom stereocenters. The molecule has 106 valence electrons. The molecule has 1 aliphatic carbocycles. The van der Waals surface area contributed by atoms with Crippen molar-refractivity contribution in [3.63, 3.8) is 0 Å². The molecule has 0 amide bonds. The largest absolute Gasteiger partial charge is 0.310 e. The maximum absolute atomic E-state index is 13.9. The number of rotatable bonds is 4. The van der Waals surface area contributed by atoms with Gasteiger partial charge in [-0.25, -0.2) is 4.39 Å². The second kappa shape index (κ2) is 6.06. The lowest BCUT2D eigenvalue weighted by molar-refractivity contribution is 0.502. The topological polar surface area (TPSA) is 12.0 Å². The van der Waals surface area contributed by atoms with Gasteiger partial charge in [0, 0.05) is 23.0 Å². The molecule has 1 saturated carbocycles. The van der Waals surface area contributed by atoms with Crippen LogP contribution in [-0.4, -0.2) is 6.04 Å². The van der Waals surface area contributed by atoms with E-state index in [1.807, 2.05) is 29.6 Å². The standard InChI is InChI=1S/C17H20FNS/c1-12-4-6-14(9-12)19-11-13-5-7-16(18)15(10-13)17-3-2-8-20-17/h2-3,5,7-8,10,12,14,19H,4,6,9,11H2,1H3. The van der Waals surface area contributed by atoms with Crippen LogP contribution in [0.5, 0.6) is 0 Å². The summed E-state index contributed by atoms with van der Waals surface area (Å²) in [5.74, 6) is 0.702. The molecule has 1 aromatic heterocycles. The number of hydrogen-bond acceptors (Lipinski definition) is 2. The summed E-state index contributed by atoms with van der Waals surface area (Å²) in [6.45, 7) is 3.14. The molecule has 0 aliphatic heterocycles. The van der Waals surface area contributed by atoms with E-state index in [0.29, 0.717) is 6.04 Å². The molecule has 3 rings (SSSR count). The SMILES string of the molecule is CC1CCC(NCc2ccc(F)c(-c3cccs3)c2)C1. The molecule has 1 heterocycles. The molecule has 2 aromatic rings. The highest BCUT2D eigenvalue weighted by Crippen LogP contribution is 2.29. The minimum atomic E-state index is -0.134. The van der Waals surface area contributed by atoms with Gasteiger partial charge in [0.25, 0.3) is 0 Å². The van der Waals surface area contributed by atoms with Crippen molar-refractivity contribution in [3.05, 3.63) is 47.1 Å². The molecule has 20 heavy (non-hydrogen) atoms. The Balaban J connectivity index is 1.70. The summed E-state index contributed by atoms with van der Waals surface area (Å²) in [7, 11) is 0. The van der Waals surface area contributed by atoms with E-state index in [1.54, 1.807) is 17.4 Å². The summed E-state index contributed by atoms with van der Waals surface area (Å²) < 4.78 is 13.9. The third kappa shape index (κ3) is 3.10. The first kappa shape index (κ1) is 13.8. The Kier molecular flexibility index (Phi) is 4.18. The zero-order valence-electron chi connectivity index (χ0n) is 11.7. The second-order valence-electron chi connectivity index (χ2n) is 5.79. The first-order valence-corrected chi connectivity index (χ1v) is 8.16. The van der Waals surface area contributed by atoms with E-state index >= 15 is 0 Å². The van der Waals surface area contributed by atoms with Gasteiger partial charge in [-0.1, -0.05) is 19.1 Å². The predicted octanol–water partition coefficient (Wildman–Crippen LogP) is 4.83. The van der Waals surface area contributed by atoms with Crippen molar-refractivity contribution >= 4 is 11.3 Å². The Hall–Kier alpha value is -1.19. The lowest BCUT2D eigenvalue weighted by Crippen LogP contribution is -2.25. The molecule has 1 N–H and O–H groups in total. The van der Waals surface area contributed by atoms with Gasteiger partial charge in [0.15, 0.2) is 0 Å². The normalized spacial score (nSPS) is 22.3. The van der Waals surface area contributed by atoms with Crippen LogP contribution in [0.1, 0.15) is 31.7 Å². The quantitative estimate of drug-likeness (QED) is 0.850. The van der Waals surface area contributed by atoms with Gasteiger partial charge in [-0.05, 0) is 54.3 Å². The van der Waals surface area contributed by atoms with Crippen molar-refractivity contribution in [1.29, 1.82) is 0 Å². The molecular formula is C17H20FNS. The Morgan fingerprint density at radius 2 is 2.20 bits per heavy atom. The van der Waals surface area contributed by atoms with Crippen LogP contribution in [0.4, 0.5) is 4.39 Å². The van der Waals surface area contributed by atoms with Crippen LogP contribution in [0.3, 0.4) is 0 Å². The van der Waals surface area contributed by atoms with Crippen LogP contribution in [0.2, 0.25) is 0 Å². The average molecular weight is 289 g/mol. The molecule has 1 aromatic carbocycles. The van der Waals surface area contributed by atoms with Gasteiger partial charge in [-0.2, -0.15) is 0 Å². The molecule has 1 nitrogen and oxygen atoms in total. The van der Waals surface area contributed by atoms with E-state index < -0.39 is 0 Å². The Bertz CT molecular complexity index is 564. The van der Waals surface area contributed by atoms with Crippen molar-refractivity contribution in [1.82, 2.24) is 5.32 Å². The summed E-state index contributed by atoms with van der Waals surface area (Å²) in [5.41, 5.74) is 1.88. The van der Waals surface area contributed by atoms with Crippen LogP contribution < -0.4 is 5.32 Å². The highest BCUT2D eigenvalue weighted by atomic mass is 32.1. The highest BCUT2D eigenvalue weighted by molar-refractivity contribution is 7.13. The van der Waals surface area contributed by atoms with E-state index in [4.69, 9.17) is 0 Å². The van der Waals surface area contributed by atoms with Crippen LogP contribution >= 0.6 is 11.3 Å². The summed E-state index contributed by atoms with van der Waals surface area (Å²) in [6.07, 6.45) is 3.85. The van der Waals surface area contributed by atoms with E-state index in [-0.39, 0.29) is 5.82 Å². The van der Waals surface area contributed by atoms with Gasteiger partial charge < -0.3 is 5.32 Å². The molecule has 0 radical (unpaired) electrons. The van der Waals surface area contributed by atoms with Crippen molar-refractivity contribution in [2.75, 3.05) is 0 Å². The zero-order chi connectivity index (χ0) is 13.9. The maximum Gasteiger partial charge on any atom is 0.131 e. The van der Waals surface area contributed by atoms with Gasteiger partial charge in [0.05, 0.1) is 0 Å². The van der Waals surface area contributed by atoms with E-state index in [0.717, 1.165) is 28.5 Å². The van der Waals surface area contributed by atoms with Crippen LogP contribution in [0.15, 0.2) is 35.7 Å². The molecule has 2 atom stereocenters. The van der Waals surface area contributed by atoms with E-state index in [9.17, 15) is 4.39 Å². The third-order valence-electron chi connectivity index (χ3n) is 4.11. The van der Waals surface area contributed by atoms with Gasteiger partial charge in [-0.3, -0.25) is 0 Å². The molecular weight excluding hydrogens is 269 g/mol. The van der Waals surface area contributed by atoms with Crippen molar-refractivity contribution in [2.24, 2.45) is 5.92 Å². The fourth-order valence-electron chi connectivity index (χ4n) is 2.96. The molecule has 0 saturated heterocycles. The van der Waals surface area contributed by atoms with Crippen molar-refractivity contribution in [3.8, 4) is 10.4 Å². The fraction of sp³-hybridized carbons (Fsp3) is 0.412. The fourth-order valence-corrected chi connectivity index (χ4v) is 3.70. The third-order valence-corrected chi connectivity index (χ3v) is 5.01. The maximum atomic E-state index is 13.9. The molecule has 3 heteroatoms.